The maximum Gasteiger partial charge on any atom is 0.253 e. The summed E-state index contributed by atoms with van der Waals surface area (Å²) in [6.07, 6.45) is 9.54. The van der Waals surface area contributed by atoms with Crippen LogP contribution in [-0.4, -0.2) is 34.8 Å². The minimum atomic E-state index is -0.205. The van der Waals surface area contributed by atoms with Crippen molar-refractivity contribution in [2.75, 3.05) is 0 Å². The summed E-state index contributed by atoms with van der Waals surface area (Å²) >= 11 is 0. The van der Waals surface area contributed by atoms with Crippen molar-refractivity contribution in [2.45, 2.75) is 39.3 Å². The first-order valence-electron chi connectivity index (χ1n) is 9.00. The average Bonchev–Trinajstić information content (AvgIpc) is 3.29. The highest BCUT2D eigenvalue weighted by atomic mass is 16.1. The van der Waals surface area contributed by atoms with Gasteiger partial charge in [-0.25, -0.2) is 19.9 Å². The van der Waals surface area contributed by atoms with E-state index in [0.29, 0.717) is 23.3 Å². The maximum atomic E-state index is 12.8. The molecule has 0 aliphatic heterocycles. The van der Waals surface area contributed by atoms with E-state index in [-0.39, 0.29) is 18.0 Å². The molecular weight excluding hydrogens is 342 g/mol. The second kappa shape index (κ2) is 6.79. The van der Waals surface area contributed by atoms with Gasteiger partial charge in [0, 0.05) is 30.8 Å². The zero-order valence-electron chi connectivity index (χ0n) is 15.5. The Morgan fingerprint density at radius 2 is 2.11 bits per heavy atom. The third kappa shape index (κ3) is 3.14. The summed E-state index contributed by atoms with van der Waals surface area (Å²) in [4.78, 5) is 30.3. The lowest BCUT2D eigenvalue weighted by molar-refractivity contribution is 0.0934. The van der Waals surface area contributed by atoms with Crippen LogP contribution in [0.2, 0.25) is 0 Å². The van der Waals surface area contributed by atoms with E-state index in [1.165, 1.54) is 0 Å². The fourth-order valence-electron chi connectivity index (χ4n) is 3.06. The molecular formula is C19H21N7O. The molecule has 1 unspecified atom stereocenters. The summed E-state index contributed by atoms with van der Waals surface area (Å²) in [5.41, 5.74) is 2.75. The highest BCUT2D eigenvalue weighted by Crippen LogP contribution is 2.19. The van der Waals surface area contributed by atoms with Crippen LogP contribution in [0.3, 0.4) is 0 Å². The van der Waals surface area contributed by atoms with Crippen molar-refractivity contribution >= 4 is 22.8 Å². The van der Waals surface area contributed by atoms with Gasteiger partial charge in [0.05, 0.1) is 23.6 Å². The molecule has 4 aromatic rings. The van der Waals surface area contributed by atoms with Gasteiger partial charge in [0.2, 0.25) is 5.78 Å². The highest BCUT2D eigenvalue weighted by molar-refractivity contribution is 5.96. The van der Waals surface area contributed by atoms with Crippen molar-refractivity contribution in [1.82, 2.24) is 34.2 Å². The first-order valence-corrected chi connectivity index (χ1v) is 9.00. The lowest BCUT2D eigenvalue weighted by atomic mass is 10.1. The van der Waals surface area contributed by atoms with E-state index in [1.54, 1.807) is 24.8 Å². The zero-order chi connectivity index (χ0) is 19.0. The maximum absolute atomic E-state index is 12.8. The quantitative estimate of drug-likeness (QED) is 0.589. The number of nitrogens with zero attached hydrogens (tertiary/aromatic N) is 6. The van der Waals surface area contributed by atoms with Gasteiger partial charge in [-0.15, -0.1) is 0 Å². The fraction of sp³-hybridized carbons (Fsp3) is 0.316. The molecule has 0 fully saturated rings. The van der Waals surface area contributed by atoms with Crippen LogP contribution < -0.4 is 5.32 Å². The number of imidazole rings is 2. The van der Waals surface area contributed by atoms with Gasteiger partial charge in [0.1, 0.15) is 5.52 Å². The monoisotopic (exact) mass is 363 g/mol. The van der Waals surface area contributed by atoms with Gasteiger partial charge >= 0.3 is 0 Å². The molecule has 0 aliphatic rings. The Morgan fingerprint density at radius 3 is 2.85 bits per heavy atom. The number of hydrogen-bond acceptors (Lipinski definition) is 5. The van der Waals surface area contributed by atoms with Crippen molar-refractivity contribution in [1.29, 1.82) is 0 Å². The Labute approximate surface area is 156 Å². The van der Waals surface area contributed by atoms with Crippen molar-refractivity contribution in [3.63, 3.8) is 0 Å². The second-order valence-corrected chi connectivity index (χ2v) is 6.74. The van der Waals surface area contributed by atoms with Crippen molar-refractivity contribution in [3.8, 4) is 0 Å². The molecule has 0 saturated carbocycles. The van der Waals surface area contributed by atoms with Crippen LogP contribution in [-0.2, 0) is 0 Å². The third-order valence-electron chi connectivity index (χ3n) is 4.56. The normalized spacial score (nSPS) is 12.7. The molecule has 0 aromatic carbocycles. The first-order chi connectivity index (χ1) is 13.1. The predicted molar refractivity (Wildman–Crippen MR) is 101 cm³/mol. The van der Waals surface area contributed by atoms with Crippen molar-refractivity contribution in [2.24, 2.45) is 0 Å². The van der Waals surface area contributed by atoms with E-state index in [1.807, 2.05) is 34.4 Å². The number of carbonyl (C=O) groups excluding carboxylic acids is 1. The Balaban J connectivity index is 1.59. The second-order valence-electron chi connectivity index (χ2n) is 6.74. The molecule has 1 atom stereocenters. The van der Waals surface area contributed by atoms with Crippen LogP contribution in [0.5, 0.6) is 0 Å². The highest BCUT2D eigenvalue weighted by Gasteiger charge is 2.18. The summed E-state index contributed by atoms with van der Waals surface area (Å²) in [6, 6.07) is 3.67. The molecule has 0 saturated heterocycles. The number of hydrogen-bond donors (Lipinski definition) is 1. The number of fused-ring (bicyclic) bond motifs is 2. The molecule has 8 heteroatoms. The molecule has 138 valence electrons. The Bertz CT molecular complexity index is 1080. The summed E-state index contributed by atoms with van der Waals surface area (Å²) < 4.78 is 3.83. The number of pyridine rings is 1. The lowest BCUT2D eigenvalue weighted by Gasteiger charge is -2.14. The Morgan fingerprint density at radius 1 is 1.26 bits per heavy atom. The smallest absolute Gasteiger partial charge is 0.253 e. The van der Waals surface area contributed by atoms with Gasteiger partial charge in [0.25, 0.3) is 5.91 Å². The number of carbonyl (C=O) groups is 1. The lowest BCUT2D eigenvalue weighted by Crippen LogP contribution is -2.28. The van der Waals surface area contributed by atoms with Gasteiger partial charge in [-0.2, -0.15) is 0 Å². The molecule has 4 heterocycles. The van der Waals surface area contributed by atoms with Gasteiger partial charge < -0.3 is 9.88 Å². The molecule has 8 nitrogen and oxygen atoms in total. The number of rotatable bonds is 5. The SMILES string of the molecule is CCC(NC(=O)c1cnc2c(c1)ncn2C(C)C)c1cn2cccnc2n1. The molecule has 0 spiro atoms. The minimum Gasteiger partial charge on any atom is -0.344 e. The predicted octanol–water partition coefficient (Wildman–Crippen LogP) is 2.94. The standard InChI is InChI=1S/C19H21N7O/c1-4-14(16-10-25-7-5-6-20-19(25)24-16)23-18(27)13-8-15-17(21-9-13)26(11-22-15)12(2)3/h5-12,14H,4H2,1-3H3,(H,23,27). The number of amides is 1. The van der Waals surface area contributed by atoms with E-state index >= 15 is 0 Å². The van der Waals surface area contributed by atoms with Gasteiger partial charge in [0.15, 0.2) is 5.65 Å². The van der Waals surface area contributed by atoms with E-state index in [4.69, 9.17) is 0 Å². The average molecular weight is 363 g/mol. The van der Waals surface area contributed by atoms with Gasteiger partial charge in [-0.05, 0) is 32.4 Å². The van der Waals surface area contributed by atoms with E-state index in [9.17, 15) is 4.79 Å². The molecule has 4 rings (SSSR count). The topological polar surface area (TPSA) is 90.0 Å². The van der Waals surface area contributed by atoms with Crippen LogP contribution in [0.4, 0.5) is 0 Å². The summed E-state index contributed by atoms with van der Waals surface area (Å²) in [5.74, 6) is 0.419. The summed E-state index contributed by atoms with van der Waals surface area (Å²) in [5, 5.41) is 3.04. The molecule has 0 bridgehead atoms. The van der Waals surface area contributed by atoms with Gasteiger partial charge in [-0.3, -0.25) is 9.20 Å². The fourth-order valence-corrected chi connectivity index (χ4v) is 3.06. The van der Waals surface area contributed by atoms with E-state index in [0.717, 1.165) is 11.3 Å². The Hall–Kier alpha value is -3.29. The molecule has 0 aliphatic carbocycles. The zero-order valence-corrected chi connectivity index (χ0v) is 15.5. The van der Waals surface area contributed by atoms with Crippen LogP contribution in [0, 0.1) is 0 Å². The van der Waals surface area contributed by atoms with E-state index in [2.05, 4.69) is 39.1 Å². The summed E-state index contributed by atoms with van der Waals surface area (Å²) in [7, 11) is 0. The van der Waals surface area contributed by atoms with Crippen molar-refractivity contribution < 1.29 is 4.79 Å². The molecule has 1 N–H and O–H groups in total. The van der Waals surface area contributed by atoms with Crippen LogP contribution >= 0.6 is 0 Å². The van der Waals surface area contributed by atoms with Crippen molar-refractivity contribution in [3.05, 3.63) is 54.5 Å². The molecule has 1 amide bonds. The number of nitrogens with one attached hydrogen (secondary N) is 1. The number of aromatic nitrogens is 6. The van der Waals surface area contributed by atoms with Gasteiger partial charge in [-0.1, -0.05) is 6.92 Å². The summed E-state index contributed by atoms with van der Waals surface area (Å²) in [6.45, 7) is 6.14. The first kappa shape index (κ1) is 17.1. The molecule has 27 heavy (non-hydrogen) atoms. The van der Waals surface area contributed by atoms with Crippen LogP contribution in [0.25, 0.3) is 16.9 Å². The molecule has 4 aromatic heterocycles. The minimum absolute atomic E-state index is 0.194. The van der Waals surface area contributed by atoms with Crippen LogP contribution in [0.1, 0.15) is 55.3 Å². The van der Waals surface area contributed by atoms with Crippen LogP contribution in [0.15, 0.2) is 43.2 Å². The molecule has 0 radical (unpaired) electrons. The van der Waals surface area contributed by atoms with E-state index < -0.39 is 0 Å². The largest absolute Gasteiger partial charge is 0.344 e. The Kier molecular flexibility index (Phi) is 4.31. The third-order valence-corrected chi connectivity index (χ3v) is 4.56.